The van der Waals surface area contributed by atoms with Gasteiger partial charge in [0.2, 0.25) is 0 Å². The number of likely N-dealkylation sites (tertiary alicyclic amines) is 1. The van der Waals surface area contributed by atoms with Crippen molar-refractivity contribution in [2.75, 3.05) is 6.54 Å². The van der Waals surface area contributed by atoms with Crippen LogP contribution in [-0.4, -0.2) is 29.6 Å². The molecule has 106 valence electrons. The first-order valence-electron chi connectivity index (χ1n) is 7.73. The Morgan fingerprint density at radius 3 is 2.68 bits per heavy atom. The Morgan fingerprint density at radius 1 is 1.26 bits per heavy atom. The number of hydrogen-bond donors (Lipinski definition) is 1. The van der Waals surface area contributed by atoms with Crippen molar-refractivity contribution in [3.63, 3.8) is 0 Å². The molecule has 0 spiro atoms. The van der Waals surface area contributed by atoms with Crippen LogP contribution < -0.4 is 5.73 Å². The number of piperidine rings is 1. The summed E-state index contributed by atoms with van der Waals surface area (Å²) < 4.78 is 0. The first kappa shape index (κ1) is 14.5. The number of aryl methyl sites for hydroxylation is 1. The van der Waals surface area contributed by atoms with E-state index in [0.29, 0.717) is 18.1 Å². The topological polar surface area (TPSA) is 29.3 Å². The molecule has 1 heterocycles. The van der Waals surface area contributed by atoms with Crippen LogP contribution in [0.15, 0.2) is 30.3 Å². The zero-order valence-electron chi connectivity index (χ0n) is 12.4. The van der Waals surface area contributed by atoms with Gasteiger partial charge in [0.05, 0.1) is 0 Å². The lowest BCUT2D eigenvalue weighted by molar-refractivity contribution is 0.0539. The van der Waals surface area contributed by atoms with Gasteiger partial charge < -0.3 is 5.73 Å². The summed E-state index contributed by atoms with van der Waals surface area (Å²) in [5, 5.41) is 0. The molecule has 0 aliphatic carbocycles. The fourth-order valence-electron chi connectivity index (χ4n) is 3.51. The molecule has 0 radical (unpaired) electrons. The van der Waals surface area contributed by atoms with Crippen molar-refractivity contribution < 1.29 is 0 Å². The molecule has 1 aromatic rings. The predicted molar refractivity (Wildman–Crippen MR) is 82.2 cm³/mol. The number of rotatable bonds is 5. The van der Waals surface area contributed by atoms with Gasteiger partial charge in [-0.3, -0.25) is 4.90 Å². The Kier molecular flexibility index (Phi) is 5.41. The molecule has 3 atom stereocenters. The highest BCUT2D eigenvalue weighted by Crippen LogP contribution is 2.26. The summed E-state index contributed by atoms with van der Waals surface area (Å²) in [6, 6.07) is 12.7. The highest BCUT2D eigenvalue weighted by molar-refractivity contribution is 5.14. The molecule has 3 unspecified atom stereocenters. The molecule has 1 aliphatic rings. The number of nitrogens with zero attached hydrogens (tertiary/aromatic N) is 1. The minimum absolute atomic E-state index is 0.592. The highest BCUT2D eigenvalue weighted by atomic mass is 15.2. The van der Waals surface area contributed by atoms with Crippen LogP contribution in [0.1, 0.15) is 45.1 Å². The van der Waals surface area contributed by atoms with Gasteiger partial charge >= 0.3 is 0 Å². The van der Waals surface area contributed by atoms with E-state index in [-0.39, 0.29) is 0 Å². The zero-order chi connectivity index (χ0) is 13.7. The van der Waals surface area contributed by atoms with Crippen LogP contribution in [0.2, 0.25) is 0 Å². The molecule has 19 heavy (non-hydrogen) atoms. The molecule has 0 amide bonds. The molecule has 2 nitrogen and oxygen atoms in total. The van der Waals surface area contributed by atoms with Gasteiger partial charge in [0.1, 0.15) is 0 Å². The van der Waals surface area contributed by atoms with E-state index in [9.17, 15) is 0 Å². The molecular weight excluding hydrogens is 232 g/mol. The van der Waals surface area contributed by atoms with Gasteiger partial charge in [-0.2, -0.15) is 0 Å². The molecule has 1 aliphatic heterocycles. The van der Waals surface area contributed by atoms with Crippen molar-refractivity contribution in [2.45, 2.75) is 64.1 Å². The second-order valence-corrected chi connectivity index (χ2v) is 5.99. The molecule has 0 bridgehead atoms. The number of hydrogen-bond acceptors (Lipinski definition) is 2. The first-order chi connectivity index (χ1) is 9.22. The van der Waals surface area contributed by atoms with Crippen molar-refractivity contribution in [1.29, 1.82) is 0 Å². The monoisotopic (exact) mass is 260 g/mol. The van der Waals surface area contributed by atoms with Crippen molar-refractivity contribution in [3.8, 4) is 0 Å². The van der Waals surface area contributed by atoms with Gasteiger partial charge in [-0.1, -0.05) is 36.8 Å². The molecule has 1 saturated heterocycles. The maximum absolute atomic E-state index is 5.96. The SMILES string of the molecule is CC1CCCC(CN)N1C(C)CCc1ccccc1. The zero-order valence-corrected chi connectivity index (χ0v) is 12.4. The maximum Gasteiger partial charge on any atom is 0.0224 e. The van der Waals surface area contributed by atoms with Gasteiger partial charge in [-0.15, -0.1) is 0 Å². The third kappa shape index (κ3) is 3.80. The second-order valence-electron chi connectivity index (χ2n) is 5.99. The third-order valence-corrected chi connectivity index (χ3v) is 4.56. The summed E-state index contributed by atoms with van der Waals surface area (Å²) in [7, 11) is 0. The molecule has 2 N–H and O–H groups in total. The van der Waals surface area contributed by atoms with Gasteiger partial charge in [0.25, 0.3) is 0 Å². The standard InChI is InChI=1S/C17H28N2/c1-14-7-6-10-17(13-18)19(14)15(2)11-12-16-8-4-3-5-9-16/h3-5,8-9,14-15,17H,6-7,10-13,18H2,1-2H3. The van der Waals surface area contributed by atoms with Crippen LogP contribution >= 0.6 is 0 Å². The van der Waals surface area contributed by atoms with Crippen LogP contribution in [0.5, 0.6) is 0 Å². The van der Waals surface area contributed by atoms with Crippen molar-refractivity contribution in [1.82, 2.24) is 4.90 Å². The summed E-state index contributed by atoms with van der Waals surface area (Å²) in [6.07, 6.45) is 6.33. The fourth-order valence-corrected chi connectivity index (χ4v) is 3.51. The smallest absolute Gasteiger partial charge is 0.0224 e. The minimum Gasteiger partial charge on any atom is -0.329 e. The Hall–Kier alpha value is -0.860. The Morgan fingerprint density at radius 2 is 2.00 bits per heavy atom. The maximum atomic E-state index is 5.96. The fraction of sp³-hybridized carbons (Fsp3) is 0.647. The molecule has 1 aromatic carbocycles. The molecule has 1 fully saturated rings. The Bertz CT molecular complexity index is 363. The van der Waals surface area contributed by atoms with E-state index in [1.165, 1.54) is 37.7 Å². The summed E-state index contributed by atoms with van der Waals surface area (Å²) >= 11 is 0. The Labute approximate surface area is 118 Å². The van der Waals surface area contributed by atoms with E-state index in [2.05, 4.69) is 49.1 Å². The number of benzene rings is 1. The predicted octanol–water partition coefficient (Wildman–Crippen LogP) is 3.21. The average molecular weight is 260 g/mol. The lowest BCUT2D eigenvalue weighted by Crippen LogP contribution is -2.52. The second kappa shape index (κ2) is 7.06. The molecule has 2 heteroatoms. The highest BCUT2D eigenvalue weighted by Gasteiger charge is 2.30. The minimum atomic E-state index is 0.592. The van der Waals surface area contributed by atoms with Gasteiger partial charge in [-0.05, 0) is 45.1 Å². The number of nitrogens with two attached hydrogens (primary N) is 1. The van der Waals surface area contributed by atoms with E-state index in [4.69, 9.17) is 5.73 Å². The first-order valence-corrected chi connectivity index (χ1v) is 7.73. The Balaban J connectivity index is 1.92. The summed E-state index contributed by atoms with van der Waals surface area (Å²) in [6.45, 7) is 5.54. The largest absolute Gasteiger partial charge is 0.329 e. The summed E-state index contributed by atoms with van der Waals surface area (Å²) in [4.78, 5) is 2.67. The van der Waals surface area contributed by atoms with Crippen LogP contribution in [0, 0.1) is 0 Å². The van der Waals surface area contributed by atoms with Crippen molar-refractivity contribution in [2.24, 2.45) is 5.73 Å². The van der Waals surface area contributed by atoms with Crippen LogP contribution in [0.3, 0.4) is 0 Å². The van der Waals surface area contributed by atoms with E-state index in [0.717, 1.165) is 6.54 Å². The van der Waals surface area contributed by atoms with Crippen molar-refractivity contribution in [3.05, 3.63) is 35.9 Å². The molecule has 2 rings (SSSR count). The lowest BCUT2D eigenvalue weighted by Gasteiger charge is -2.44. The van der Waals surface area contributed by atoms with Gasteiger partial charge in [-0.25, -0.2) is 0 Å². The molecule has 0 saturated carbocycles. The quantitative estimate of drug-likeness (QED) is 0.881. The van der Waals surface area contributed by atoms with Crippen LogP contribution in [-0.2, 0) is 6.42 Å². The lowest BCUT2D eigenvalue weighted by atomic mass is 9.93. The van der Waals surface area contributed by atoms with E-state index < -0.39 is 0 Å². The normalized spacial score (nSPS) is 26.3. The van der Waals surface area contributed by atoms with Crippen molar-refractivity contribution >= 4 is 0 Å². The van der Waals surface area contributed by atoms with E-state index in [1.54, 1.807) is 0 Å². The van der Waals surface area contributed by atoms with Gasteiger partial charge in [0, 0.05) is 24.7 Å². The average Bonchev–Trinajstić information content (AvgIpc) is 2.45. The summed E-state index contributed by atoms with van der Waals surface area (Å²) in [5.41, 5.74) is 7.41. The van der Waals surface area contributed by atoms with E-state index >= 15 is 0 Å². The summed E-state index contributed by atoms with van der Waals surface area (Å²) in [5.74, 6) is 0. The van der Waals surface area contributed by atoms with Gasteiger partial charge in [0.15, 0.2) is 0 Å². The molecular formula is C17H28N2. The van der Waals surface area contributed by atoms with Crippen LogP contribution in [0.4, 0.5) is 0 Å². The molecule has 0 aromatic heterocycles. The van der Waals surface area contributed by atoms with E-state index in [1.807, 2.05) is 0 Å². The van der Waals surface area contributed by atoms with Crippen LogP contribution in [0.25, 0.3) is 0 Å². The third-order valence-electron chi connectivity index (χ3n) is 4.56.